The number of fused-ring (bicyclic) bond motifs is 5. The molecule has 5 rings (SSSR count). The van der Waals surface area contributed by atoms with Gasteiger partial charge in [0, 0.05) is 29.3 Å². The highest BCUT2D eigenvalue weighted by Gasteiger charge is 2.59. The summed E-state index contributed by atoms with van der Waals surface area (Å²) >= 11 is 1.51. The first-order valence-corrected chi connectivity index (χ1v) is 18.8. The molecular weight excluding hydrogens is 580 g/mol. The zero-order valence-electron chi connectivity index (χ0n) is 28.0. The lowest BCUT2D eigenvalue weighted by atomic mass is 9.53. The number of aromatic nitrogens is 1. The molecule has 2 aromatic rings. The second-order valence-electron chi connectivity index (χ2n) is 14.5. The fraction of sp³-hybridized carbons (Fsp3) is 0.711. The molecule has 0 radical (unpaired) electrons. The molecule has 1 heterocycles. The van der Waals surface area contributed by atoms with Crippen molar-refractivity contribution in [2.24, 2.45) is 23.2 Å². The van der Waals surface area contributed by atoms with E-state index in [2.05, 4.69) is 30.2 Å². The third kappa shape index (κ3) is 8.50. The summed E-state index contributed by atoms with van der Waals surface area (Å²) in [7, 11) is 0. The van der Waals surface area contributed by atoms with Crippen molar-refractivity contribution < 1.29 is 19.4 Å². The minimum atomic E-state index is -0.0483. The topological polar surface area (TPSA) is 88.5 Å². The van der Waals surface area contributed by atoms with Crippen LogP contribution in [-0.2, 0) is 20.7 Å². The summed E-state index contributed by atoms with van der Waals surface area (Å²) in [4.78, 5) is 31.3. The molecule has 2 saturated carbocycles. The highest BCUT2D eigenvalue weighted by molar-refractivity contribution is 7.15. The first-order chi connectivity index (χ1) is 21.8. The van der Waals surface area contributed by atoms with Gasteiger partial charge < -0.3 is 15.2 Å². The van der Waals surface area contributed by atoms with Gasteiger partial charge in [-0.2, -0.15) is 0 Å². The summed E-state index contributed by atoms with van der Waals surface area (Å²) in [5.74, 6) is 2.30. The molecule has 0 aliphatic heterocycles. The van der Waals surface area contributed by atoms with E-state index >= 15 is 0 Å². The minimum absolute atomic E-state index is 0.0201. The maximum atomic E-state index is 13.2. The van der Waals surface area contributed by atoms with E-state index in [-0.39, 0.29) is 23.4 Å². The Balaban J connectivity index is 1.19. The number of thiazole rings is 1. The number of carbonyl (C=O) groups excluding carboxylic acids is 2. The number of nitrogens with zero attached hydrogens (tertiary/aromatic N) is 1. The predicted molar refractivity (Wildman–Crippen MR) is 183 cm³/mol. The van der Waals surface area contributed by atoms with Crippen molar-refractivity contribution in [3.05, 3.63) is 40.4 Å². The Hall–Kier alpha value is -2.41. The zero-order chi connectivity index (χ0) is 31.8. The van der Waals surface area contributed by atoms with Crippen LogP contribution in [0.25, 0.3) is 0 Å². The molecule has 7 heteroatoms. The van der Waals surface area contributed by atoms with Crippen molar-refractivity contribution in [1.82, 2.24) is 4.98 Å². The normalized spacial score (nSPS) is 27.0. The number of nitrogens with one attached hydrogen (secondary N) is 1. The molecule has 45 heavy (non-hydrogen) atoms. The number of phenolic OH excluding ortho intramolecular Hbond substituents is 1. The molecule has 6 atom stereocenters. The minimum Gasteiger partial charge on any atom is -0.508 e. The van der Waals surface area contributed by atoms with Crippen LogP contribution in [0.4, 0.5) is 5.13 Å². The van der Waals surface area contributed by atoms with Crippen LogP contribution in [0.1, 0.15) is 145 Å². The molecule has 2 fully saturated rings. The number of amides is 1. The number of aromatic hydroxyl groups is 1. The molecule has 0 spiro atoms. The van der Waals surface area contributed by atoms with Gasteiger partial charge in [-0.1, -0.05) is 71.3 Å². The number of esters is 1. The van der Waals surface area contributed by atoms with E-state index in [1.807, 2.05) is 19.1 Å². The van der Waals surface area contributed by atoms with Crippen LogP contribution in [0.15, 0.2) is 24.4 Å². The van der Waals surface area contributed by atoms with Gasteiger partial charge in [0.15, 0.2) is 5.13 Å². The lowest BCUT2D eigenvalue weighted by molar-refractivity contribution is -0.157. The van der Waals surface area contributed by atoms with Crippen LogP contribution in [0.5, 0.6) is 5.75 Å². The third-order valence-corrected chi connectivity index (χ3v) is 12.2. The van der Waals surface area contributed by atoms with Crippen LogP contribution in [-0.4, -0.2) is 28.1 Å². The SMILES string of the molecule is CCCCCCCCCCCC(=O)O[C@H]1C[C@@H](CCCC(=O)Nc2ncc(C)s2)C2C3CCc4cc(O)ccc4C3CC[C@@]21C. The van der Waals surface area contributed by atoms with E-state index in [0.29, 0.717) is 47.4 Å². The van der Waals surface area contributed by atoms with Crippen molar-refractivity contribution in [3.63, 3.8) is 0 Å². The Labute approximate surface area is 275 Å². The van der Waals surface area contributed by atoms with E-state index in [1.54, 1.807) is 6.20 Å². The summed E-state index contributed by atoms with van der Waals surface area (Å²) in [5, 5.41) is 13.8. The Morgan fingerprint density at radius 2 is 1.80 bits per heavy atom. The number of hydrogen-bond donors (Lipinski definition) is 2. The van der Waals surface area contributed by atoms with E-state index < -0.39 is 0 Å². The molecule has 2 N–H and O–H groups in total. The molecule has 3 unspecified atom stereocenters. The molecule has 0 bridgehead atoms. The Kier molecular flexibility index (Phi) is 12.0. The molecule has 248 valence electrons. The maximum absolute atomic E-state index is 13.2. The monoisotopic (exact) mass is 636 g/mol. The molecule has 1 aromatic heterocycles. The lowest BCUT2D eigenvalue weighted by Gasteiger charge is -2.51. The van der Waals surface area contributed by atoms with E-state index in [9.17, 15) is 14.7 Å². The molecule has 1 amide bonds. The van der Waals surface area contributed by atoms with Gasteiger partial charge in [-0.15, -0.1) is 11.3 Å². The van der Waals surface area contributed by atoms with Gasteiger partial charge in [0.05, 0.1) is 0 Å². The van der Waals surface area contributed by atoms with Crippen molar-refractivity contribution in [1.29, 1.82) is 0 Å². The number of hydrogen-bond acceptors (Lipinski definition) is 6. The second-order valence-corrected chi connectivity index (χ2v) is 15.8. The van der Waals surface area contributed by atoms with Crippen LogP contribution in [0, 0.1) is 30.1 Å². The van der Waals surface area contributed by atoms with Crippen LogP contribution in [0.3, 0.4) is 0 Å². The number of ether oxygens (including phenoxy) is 1. The summed E-state index contributed by atoms with van der Waals surface area (Å²) in [6, 6.07) is 5.97. The average molecular weight is 637 g/mol. The maximum Gasteiger partial charge on any atom is 0.306 e. The van der Waals surface area contributed by atoms with Gasteiger partial charge in [-0.25, -0.2) is 4.98 Å². The fourth-order valence-corrected chi connectivity index (χ4v) is 9.88. The van der Waals surface area contributed by atoms with Crippen LogP contribution >= 0.6 is 11.3 Å². The van der Waals surface area contributed by atoms with E-state index in [1.165, 1.54) is 67.4 Å². The van der Waals surface area contributed by atoms with Gasteiger partial charge in [0.1, 0.15) is 11.9 Å². The molecule has 0 saturated heterocycles. The largest absolute Gasteiger partial charge is 0.508 e. The van der Waals surface area contributed by atoms with Crippen molar-refractivity contribution in [3.8, 4) is 5.75 Å². The summed E-state index contributed by atoms with van der Waals surface area (Å²) in [6.45, 7) is 6.65. The third-order valence-electron chi connectivity index (χ3n) is 11.4. The molecular formula is C38H56N2O4S. The first kappa shape index (κ1) is 33.9. The lowest BCUT2D eigenvalue weighted by Crippen LogP contribution is -2.46. The van der Waals surface area contributed by atoms with E-state index in [0.717, 1.165) is 62.7 Å². The predicted octanol–water partition coefficient (Wildman–Crippen LogP) is 9.88. The first-order valence-electron chi connectivity index (χ1n) is 18.0. The van der Waals surface area contributed by atoms with Crippen molar-refractivity contribution >= 4 is 28.3 Å². The summed E-state index contributed by atoms with van der Waals surface area (Å²) < 4.78 is 6.40. The molecule has 6 nitrogen and oxygen atoms in total. The van der Waals surface area contributed by atoms with Gasteiger partial charge in [-0.05, 0) is 105 Å². The van der Waals surface area contributed by atoms with Gasteiger partial charge >= 0.3 is 5.97 Å². The number of unbranched alkanes of at least 4 members (excludes halogenated alkanes) is 8. The van der Waals surface area contributed by atoms with Gasteiger partial charge in [0.2, 0.25) is 5.91 Å². The van der Waals surface area contributed by atoms with Crippen LogP contribution < -0.4 is 5.32 Å². The van der Waals surface area contributed by atoms with Crippen molar-refractivity contribution in [2.45, 2.75) is 148 Å². The standard InChI is InChI=1S/C38H56N2O4S/c1-4-5-6-7-8-9-10-11-12-16-35(43)44-33-24-28(14-13-15-34(42)40-37-39-25-26(2)45-37)36-32-19-17-27-23-29(41)18-20-30(27)31(32)21-22-38(33,36)3/h18,20,23,25,28,31-33,36,41H,4-17,19,21-22,24H2,1-3H3,(H,39,40,42)/t28-,31?,32?,33+,36?,38-/m1/s1. The van der Waals surface area contributed by atoms with Crippen molar-refractivity contribution in [2.75, 3.05) is 5.32 Å². The Bertz CT molecular complexity index is 1280. The Morgan fingerprint density at radius 1 is 1.04 bits per heavy atom. The quantitative estimate of drug-likeness (QED) is 0.141. The number of anilines is 1. The average Bonchev–Trinajstić information content (AvgIpc) is 3.54. The van der Waals surface area contributed by atoms with Crippen LogP contribution in [0.2, 0.25) is 0 Å². The molecule has 1 aromatic carbocycles. The smallest absolute Gasteiger partial charge is 0.306 e. The number of phenols is 1. The number of aryl methyl sites for hydroxylation is 2. The summed E-state index contributed by atoms with van der Waals surface area (Å²) in [6.07, 6.45) is 20.9. The molecule has 3 aliphatic carbocycles. The highest BCUT2D eigenvalue weighted by atomic mass is 32.1. The summed E-state index contributed by atoms with van der Waals surface area (Å²) in [5.41, 5.74) is 2.68. The number of benzene rings is 1. The zero-order valence-corrected chi connectivity index (χ0v) is 28.8. The van der Waals surface area contributed by atoms with Gasteiger partial charge in [-0.3, -0.25) is 9.59 Å². The second kappa shape index (κ2) is 15.9. The molecule has 3 aliphatic rings. The highest BCUT2D eigenvalue weighted by Crippen LogP contribution is 2.64. The number of carbonyl (C=O) groups is 2. The van der Waals surface area contributed by atoms with E-state index in [4.69, 9.17) is 4.74 Å². The fourth-order valence-electron chi connectivity index (χ4n) is 9.20. The Morgan fingerprint density at radius 3 is 2.53 bits per heavy atom. The van der Waals surface area contributed by atoms with Gasteiger partial charge in [0.25, 0.3) is 0 Å². The number of rotatable bonds is 16.